The molecule has 79 heavy (non-hydrogen) atoms. The van der Waals surface area contributed by atoms with Crippen molar-refractivity contribution < 1.29 is 57.2 Å². The van der Waals surface area contributed by atoms with Crippen LogP contribution in [0.5, 0.6) is 11.5 Å². The highest BCUT2D eigenvalue weighted by molar-refractivity contribution is 7.22. The van der Waals surface area contributed by atoms with Crippen molar-refractivity contribution in [1.29, 1.82) is 5.26 Å². The summed E-state index contributed by atoms with van der Waals surface area (Å²) >= 11 is 1.31. The average Bonchev–Trinajstić information content (AvgIpc) is 3.93. The van der Waals surface area contributed by atoms with Crippen LogP contribution in [0.2, 0.25) is 0 Å². The van der Waals surface area contributed by atoms with E-state index in [4.69, 9.17) is 33.4 Å². The molecule has 0 bridgehead atoms. The fourth-order valence-corrected chi connectivity index (χ4v) is 14.6. The Labute approximate surface area is 471 Å². The third-order valence-electron chi connectivity index (χ3n) is 19.1. The van der Waals surface area contributed by atoms with E-state index in [0.717, 1.165) is 82.3 Å². The normalized spacial score (nSPS) is 31.7. The van der Waals surface area contributed by atoms with Crippen molar-refractivity contribution in [1.82, 2.24) is 4.98 Å². The van der Waals surface area contributed by atoms with Gasteiger partial charge in [0, 0.05) is 5.56 Å². The second kappa shape index (κ2) is 24.9. The summed E-state index contributed by atoms with van der Waals surface area (Å²) in [5.41, 5.74) is 0.180. The van der Waals surface area contributed by atoms with Gasteiger partial charge in [-0.1, -0.05) is 53.7 Å². The fourth-order valence-electron chi connectivity index (χ4n) is 13.6. The molecule has 6 aliphatic rings. The second-order valence-electron chi connectivity index (χ2n) is 26.4. The van der Waals surface area contributed by atoms with Crippen molar-refractivity contribution in [2.45, 2.75) is 231 Å². The third-order valence-corrected chi connectivity index (χ3v) is 20.2. The van der Waals surface area contributed by atoms with Gasteiger partial charge in [0.2, 0.25) is 0 Å². The Morgan fingerprint density at radius 2 is 0.949 bits per heavy atom. The number of nitrogens with zero attached hydrogens (tertiary/aromatic N) is 2. The van der Waals surface area contributed by atoms with E-state index >= 15 is 0 Å². The number of ether oxygens (including phenoxy) is 6. The number of rotatable bonds is 15. The molecule has 6 aliphatic carbocycles. The number of fused-ring (bicyclic) bond motifs is 1. The number of esters is 4. The summed E-state index contributed by atoms with van der Waals surface area (Å²) in [4.78, 5) is 84.3. The van der Waals surface area contributed by atoms with Crippen LogP contribution >= 0.6 is 11.3 Å². The predicted octanol–water partition coefficient (Wildman–Crippen LogP) is 13.3. The fraction of sp³-hybridized carbons (Fsp3) is 0.688. The highest BCUT2D eigenvalue weighted by atomic mass is 32.1. The van der Waals surface area contributed by atoms with Gasteiger partial charge in [0.1, 0.15) is 44.9 Å². The number of aldehydes is 2. The molecule has 0 radical (unpaired) electrons. The molecular weight excluding hydrogens is 1020 g/mol. The Morgan fingerprint density at radius 1 is 0.532 bits per heavy atom. The highest BCUT2D eigenvalue weighted by Crippen LogP contribution is 2.47. The summed E-state index contributed by atoms with van der Waals surface area (Å²) in [7, 11) is 0. The maximum Gasteiger partial charge on any atom is 0.314 e. The van der Waals surface area contributed by atoms with Crippen LogP contribution in [0.4, 0.5) is 0 Å². The minimum Gasteiger partial charge on any atom is -0.477 e. The monoisotopic (exact) mass is 1100 g/mol. The van der Waals surface area contributed by atoms with Crippen LogP contribution in [0.25, 0.3) is 20.8 Å². The van der Waals surface area contributed by atoms with Gasteiger partial charge in [0.05, 0.1) is 41.4 Å². The van der Waals surface area contributed by atoms with Gasteiger partial charge in [-0.05, 0) is 201 Å². The summed E-state index contributed by atoms with van der Waals surface area (Å²) in [5, 5.41) is 10.1. The molecule has 0 N–H and O–H groups in total. The zero-order valence-electron chi connectivity index (χ0n) is 47.6. The van der Waals surface area contributed by atoms with Crippen molar-refractivity contribution in [3.63, 3.8) is 0 Å². The van der Waals surface area contributed by atoms with Crippen molar-refractivity contribution in [3.8, 4) is 28.1 Å². The molecule has 6 fully saturated rings. The predicted molar refractivity (Wildman–Crippen MR) is 299 cm³/mol. The highest BCUT2D eigenvalue weighted by Gasteiger charge is 2.44. The van der Waals surface area contributed by atoms with Gasteiger partial charge in [-0.15, -0.1) is 11.3 Å². The molecule has 3 aromatic rings. The van der Waals surface area contributed by atoms with Crippen molar-refractivity contribution in [2.24, 2.45) is 46.3 Å². The lowest BCUT2D eigenvalue weighted by molar-refractivity contribution is -0.167. The number of nitriles is 1. The first kappa shape index (κ1) is 58.5. The smallest absolute Gasteiger partial charge is 0.314 e. The zero-order valence-corrected chi connectivity index (χ0v) is 48.4. The van der Waals surface area contributed by atoms with Gasteiger partial charge in [0.15, 0.2) is 23.9 Å². The minimum absolute atomic E-state index is 0.0256. The van der Waals surface area contributed by atoms with Crippen LogP contribution in [-0.2, 0) is 47.7 Å². The second-order valence-corrected chi connectivity index (χ2v) is 27.4. The van der Waals surface area contributed by atoms with Gasteiger partial charge in [0.25, 0.3) is 0 Å². The third kappa shape index (κ3) is 14.3. The molecule has 0 aliphatic heterocycles. The Morgan fingerprint density at radius 3 is 1.42 bits per heavy atom. The summed E-state index contributed by atoms with van der Waals surface area (Å²) < 4.78 is 38.0. The first-order valence-corrected chi connectivity index (χ1v) is 30.6. The van der Waals surface area contributed by atoms with E-state index in [1.807, 2.05) is 12.1 Å². The molecule has 0 saturated heterocycles. The van der Waals surface area contributed by atoms with Gasteiger partial charge < -0.3 is 33.2 Å². The van der Waals surface area contributed by atoms with Crippen molar-refractivity contribution in [2.75, 3.05) is 0 Å². The first-order valence-electron chi connectivity index (χ1n) is 29.8. The van der Waals surface area contributed by atoms with Crippen LogP contribution < -0.4 is 9.47 Å². The molecule has 2 aromatic carbocycles. The number of carbonyl (C=O) groups is 6. The van der Waals surface area contributed by atoms with Crippen LogP contribution in [0, 0.1) is 57.7 Å². The number of benzene rings is 2. The van der Waals surface area contributed by atoms with Crippen LogP contribution in [0.15, 0.2) is 36.4 Å². The lowest BCUT2D eigenvalue weighted by atomic mass is 9.68. The Bertz CT molecular complexity index is 2670. The summed E-state index contributed by atoms with van der Waals surface area (Å²) in [5.74, 6) is -0.277. The molecule has 0 atom stereocenters. The lowest BCUT2D eigenvalue weighted by Crippen LogP contribution is -2.45. The van der Waals surface area contributed by atoms with Gasteiger partial charge in [-0.3, -0.25) is 24.0 Å². The molecule has 1 heterocycles. The van der Waals surface area contributed by atoms with Gasteiger partial charge in [-0.25, -0.2) is 4.98 Å². The SMILES string of the molecule is CC(C)(C)C1CCC(C(=O)OC2CCC(OC(=O)C3CCC(C(=O)Oc4ccc(OC5(C=O)CCC(C(=O)OC6CCC(OC7(C=O)CCC(C(C)(C)C)CC7)CC6)CC5)c5nc(-c6ccc(C#N)cc6)sc45)CC3)CC2)CC1. The maximum absolute atomic E-state index is 13.9. The lowest BCUT2D eigenvalue weighted by Gasteiger charge is -2.43. The van der Waals surface area contributed by atoms with Crippen LogP contribution in [0.1, 0.15) is 201 Å². The molecule has 15 heteroatoms. The van der Waals surface area contributed by atoms with E-state index in [-0.39, 0.29) is 70.9 Å². The minimum atomic E-state index is -1.23. The average molecular weight is 1110 g/mol. The topological polar surface area (TPSA) is 194 Å². The molecule has 9 rings (SSSR count). The number of carbonyl (C=O) groups excluding carboxylic acids is 6. The molecule has 1 aromatic heterocycles. The summed E-state index contributed by atoms with van der Waals surface area (Å²) in [6, 6.07) is 12.5. The van der Waals surface area contributed by atoms with E-state index in [9.17, 15) is 34.0 Å². The van der Waals surface area contributed by atoms with E-state index in [1.54, 1.807) is 24.3 Å². The van der Waals surface area contributed by atoms with Crippen molar-refractivity contribution >= 4 is 58.0 Å². The first-order chi connectivity index (χ1) is 37.7. The largest absolute Gasteiger partial charge is 0.477 e. The Kier molecular flexibility index (Phi) is 18.4. The van der Waals surface area contributed by atoms with E-state index in [2.05, 4.69) is 47.6 Å². The molecule has 428 valence electrons. The van der Waals surface area contributed by atoms with Crippen LogP contribution in [-0.4, -0.2) is 77.1 Å². The Balaban J connectivity index is 0.758. The van der Waals surface area contributed by atoms with Crippen LogP contribution in [0.3, 0.4) is 0 Å². The number of hydrogen-bond donors (Lipinski definition) is 0. The quantitative estimate of drug-likeness (QED) is 0.0603. The van der Waals surface area contributed by atoms with E-state index in [1.165, 1.54) is 11.3 Å². The molecule has 0 amide bonds. The molecule has 0 unspecified atom stereocenters. The molecular formula is C64H84N2O12S. The molecule has 0 spiro atoms. The Hall–Kier alpha value is -5.20. The van der Waals surface area contributed by atoms with Gasteiger partial charge in [-0.2, -0.15) is 5.26 Å². The van der Waals surface area contributed by atoms with Gasteiger partial charge >= 0.3 is 23.9 Å². The number of thiazole rings is 1. The summed E-state index contributed by atoms with van der Waals surface area (Å²) in [6.45, 7) is 13.6. The number of hydrogen-bond acceptors (Lipinski definition) is 15. The maximum atomic E-state index is 13.9. The molecule has 6 saturated carbocycles. The molecule has 14 nitrogen and oxygen atoms in total. The summed E-state index contributed by atoms with van der Waals surface area (Å²) in [6.07, 6.45) is 17.3. The number of aromatic nitrogens is 1. The van der Waals surface area contributed by atoms with Crippen molar-refractivity contribution in [3.05, 3.63) is 42.0 Å². The zero-order chi connectivity index (χ0) is 56.1. The standard InChI is InChI=1S/C64H84N2O12S/c1-61(2,3)46-17-15-44(16-18-46)58(70)74-49-21-19-48(20-22-49)73-57(69)42-11-13-43(14-12-42)60(72)76-53-28-27-52(54-55(53)79-56(66-54)41-9-7-40(37-65)8-10-41)78-64(39-68)33-29-45(30-34-64)59(71)75-50-23-25-51(26-24-50)77-63(38-67)35-31-47(32-36-63)62(4,5)6/h7-10,27-28,38-39,42-51H,11-26,29-36H2,1-6H3. The van der Waals surface area contributed by atoms with E-state index < -0.39 is 23.1 Å². The van der Waals surface area contributed by atoms with E-state index in [0.29, 0.717) is 134 Å².